The molecule has 2 aromatic rings. The van der Waals surface area contributed by atoms with Crippen LogP contribution in [0, 0.1) is 0 Å². The van der Waals surface area contributed by atoms with E-state index in [0.29, 0.717) is 51.2 Å². The molecular formula is C56H94O7. The van der Waals surface area contributed by atoms with Crippen LogP contribution in [0.2, 0.25) is 0 Å². The molecule has 63 heavy (non-hydrogen) atoms. The molecule has 7 heteroatoms. The molecule has 2 rings (SSSR count). The van der Waals surface area contributed by atoms with Crippen LogP contribution in [0.25, 0.3) is 0 Å². The van der Waals surface area contributed by atoms with Crippen molar-refractivity contribution in [3.05, 3.63) is 94.8 Å². The topological polar surface area (TPSA) is 64.6 Å². The van der Waals surface area contributed by atoms with Gasteiger partial charge in [0.15, 0.2) is 11.5 Å². The Kier molecular flexibility index (Phi) is 36.1. The first-order valence-electron chi connectivity index (χ1n) is 26.0. The van der Waals surface area contributed by atoms with E-state index >= 15 is 0 Å². The Morgan fingerprint density at radius 3 is 0.984 bits per heavy atom. The van der Waals surface area contributed by atoms with Crippen molar-refractivity contribution >= 4 is 0 Å². The smallest absolute Gasteiger partial charge is 0.223 e. The largest absolute Gasteiger partial charge is 0.494 e. The number of hydrogen-bond acceptors (Lipinski definition) is 7. The molecule has 0 bridgehead atoms. The lowest BCUT2D eigenvalue weighted by Gasteiger charge is -2.30. The van der Waals surface area contributed by atoms with E-state index in [1.54, 1.807) is 0 Å². The summed E-state index contributed by atoms with van der Waals surface area (Å²) in [5.74, 6) is 2.86. The first-order chi connectivity index (χ1) is 31.1. The minimum absolute atomic E-state index is 0.325. The number of hydrogen-bond donors (Lipinski definition) is 0. The molecule has 0 aliphatic carbocycles. The van der Waals surface area contributed by atoms with E-state index in [1.807, 2.05) is 36.4 Å². The normalized spacial score (nSPS) is 13.3. The molecule has 0 saturated carbocycles. The number of ether oxygens (including phenoxy) is 7. The quantitative estimate of drug-likeness (QED) is 0.0373. The minimum atomic E-state index is -0.932. The molecule has 0 radical (unpaired) electrons. The van der Waals surface area contributed by atoms with Crippen molar-refractivity contribution in [1.29, 1.82) is 0 Å². The summed E-state index contributed by atoms with van der Waals surface area (Å²) in [6.45, 7) is 16.3. The van der Waals surface area contributed by atoms with Crippen molar-refractivity contribution in [3.8, 4) is 0 Å². The second-order valence-corrected chi connectivity index (χ2v) is 17.2. The molecule has 7 nitrogen and oxygen atoms in total. The fraction of sp³-hybridized carbons (Fsp3) is 0.714. The average Bonchev–Trinajstić information content (AvgIpc) is 3.31. The van der Waals surface area contributed by atoms with Gasteiger partial charge in [0.05, 0.1) is 39.6 Å². The summed E-state index contributed by atoms with van der Waals surface area (Å²) in [7, 11) is 0. The second kappa shape index (κ2) is 40.5. The number of rotatable bonds is 44. The van der Waals surface area contributed by atoms with Gasteiger partial charge >= 0.3 is 0 Å². The lowest BCUT2D eigenvalue weighted by atomic mass is 10.1. The molecule has 0 spiro atoms. The van der Waals surface area contributed by atoms with Crippen LogP contribution < -0.4 is 0 Å². The van der Waals surface area contributed by atoms with Gasteiger partial charge in [-0.3, -0.25) is 0 Å². The third-order valence-electron chi connectivity index (χ3n) is 11.3. The van der Waals surface area contributed by atoms with Crippen LogP contribution in [-0.4, -0.2) is 39.0 Å². The predicted molar refractivity (Wildman–Crippen MR) is 263 cm³/mol. The van der Waals surface area contributed by atoms with Crippen molar-refractivity contribution in [2.75, 3.05) is 26.4 Å². The lowest BCUT2D eigenvalue weighted by molar-refractivity contribution is -0.249. The molecule has 360 valence electrons. The molecular weight excluding hydrogens is 785 g/mol. The van der Waals surface area contributed by atoms with Gasteiger partial charge in [-0.2, -0.15) is 0 Å². The Balaban J connectivity index is 2.71. The summed E-state index contributed by atoms with van der Waals surface area (Å²) in [6.07, 6.45) is 27.2. The van der Waals surface area contributed by atoms with Crippen molar-refractivity contribution < 1.29 is 33.2 Å². The van der Waals surface area contributed by atoms with Crippen molar-refractivity contribution in [3.63, 3.8) is 0 Å². The molecule has 0 heterocycles. The van der Waals surface area contributed by atoms with E-state index < -0.39 is 12.6 Å². The van der Waals surface area contributed by atoms with Gasteiger partial charge in [0.2, 0.25) is 12.6 Å². The predicted octanol–water partition coefficient (Wildman–Crippen LogP) is 16.8. The summed E-state index contributed by atoms with van der Waals surface area (Å²) in [6, 6.07) is 20.6. The van der Waals surface area contributed by atoms with E-state index in [9.17, 15) is 0 Å². The zero-order chi connectivity index (χ0) is 45.3. The third-order valence-corrected chi connectivity index (χ3v) is 11.3. The number of unbranched alkanes of at least 4 members (excludes halogenated alkanes) is 18. The van der Waals surface area contributed by atoms with E-state index in [1.165, 1.54) is 77.0 Å². The molecule has 0 aromatic heterocycles. The summed E-state index contributed by atoms with van der Waals surface area (Å²) >= 11 is 0. The van der Waals surface area contributed by atoms with Crippen LogP contribution in [-0.2, 0) is 46.4 Å². The number of benzene rings is 2. The van der Waals surface area contributed by atoms with Crippen LogP contribution in [0.1, 0.15) is 220 Å². The Morgan fingerprint density at radius 1 is 0.349 bits per heavy atom. The van der Waals surface area contributed by atoms with E-state index in [-0.39, 0.29) is 0 Å². The van der Waals surface area contributed by atoms with Gasteiger partial charge in [-0.1, -0.05) is 218 Å². The summed E-state index contributed by atoms with van der Waals surface area (Å²) < 4.78 is 48.1. The Bertz CT molecular complexity index is 1260. The van der Waals surface area contributed by atoms with Crippen LogP contribution in [0.4, 0.5) is 0 Å². The standard InChI is InChI=1S/C56H94O7/c1-7-13-19-21-23-25-27-35-41-51(57-43-15-9-3)53(59-45-17-11-5)55(61-47-49-37-31-29-32-38-49)63-56(62-48-50-39-33-30-34-40-50)54(60-46-18-12-6)52(58-44-16-10-4)42-36-28-26-24-22-20-14-8-2/h29-34,37-40,55-56H,7-28,35-36,41-48H2,1-6H3. The van der Waals surface area contributed by atoms with Gasteiger partial charge in [-0.25, -0.2) is 0 Å². The zero-order valence-corrected chi connectivity index (χ0v) is 41.4. The zero-order valence-electron chi connectivity index (χ0n) is 41.4. The molecule has 0 saturated heterocycles. The van der Waals surface area contributed by atoms with E-state index in [2.05, 4.69) is 65.8 Å². The second-order valence-electron chi connectivity index (χ2n) is 17.2. The van der Waals surface area contributed by atoms with Crippen LogP contribution >= 0.6 is 0 Å². The highest BCUT2D eigenvalue weighted by atomic mass is 16.8. The highest BCUT2D eigenvalue weighted by molar-refractivity contribution is 5.16. The molecule has 2 unspecified atom stereocenters. The molecule has 2 aromatic carbocycles. The third kappa shape index (κ3) is 27.8. The van der Waals surface area contributed by atoms with Crippen LogP contribution in [0.15, 0.2) is 83.7 Å². The molecule has 0 amide bonds. The van der Waals surface area contributed by atoms with Gasteiger partial charge in [0.1, 0.15) is 11.5 Å². The molecule has 0 aliphatic rings. The molecule has 0 N–H and O–H groups in total. The van der Waals surface area contributed by atoms with Crippen LogP contribution in [0.3, 0.4) is 0 Å². The average molecular weight is 879 g/mol. The first kappa shape index (κ1) is 56.1. The monoisotopic (exact) mass is 879 g/mol. The maximum Gasteiger partial charge on any atom is 0.223 e. The van der Waals surface area contributed by atoms with Crippen molar-refractivity contribution in [1.82, 2.24) is 0 Å². The van der Waals surface area contributed by atoms with E-state index in [0.717, 1.165) is 113 Å². The fourth-order valence-electron chi connectivity index (χ4n) is 7.22. The Morgan fingerprint density at radius 2 is 0.651 bits per heavy atom. The number of allylic oxidation sites excluding steroid dienone is 2. The van der Waals surface area contributed by atoms with Gasteiger partial charge in [-0.15, -0.1) is 0 Å². The Hall–Kier alpha value is -3.00. The van der Waals surface area contributed by atoms with Gasteiger partial charge in [0, 0.05) is 12.8 Å². The lowest BCUT2D eigenvalue weighted by Crippen LogP contribution is -2.33. The highest BCUT2D eigenvalue weighted by Gasteiger charge is 2.33. The maximum atomic E-state index is 7.25. The molecule has 0 fully saturated rings. The summed E-state index contributed by atoms with van der Waals surface area (Å²) in [4.78, 5) is 0. The van der Waals surface area contributed by atoms with Crippen LogP contribution in [0.5, 0.6) is 0 Å². The minimum Gasteiger partial charge on any atom is -0.494 e. The van der Waals surface area contributed by atoms with Gasteiger partial charge in [0.25, 0.3) is 0 Å². The molecule has 2 atom stereocenters. The van der Waals surface area contributed by atoms with Gasteiger partial charge in [-0.05, 0) is 49.7 Å². The van der Waals surface area contributed by atoms with Crippen molar-refractivity contribution in [2.24, 2.45) is 0 Å². The fourth-order valence-corrected chi connectivity index (χ4v) is 7.22. The summed E-state index contributed by atoms with van der Waals surface area (Å²) in [5, 5.41) is 0. The van der Waals surface area contributed by atoms with Gasteiger partial charge < -0.3 is 33.2 Å². The highest BCUT2D eigenvalue weighted by Crippen LogP contribution is 2.30. The maximum absolute atomic E-state index is 7.25. The van der Waals surface area contributed by atoms with Crippen molar-refractivity contribution in [2.45, 2.75) is 234 Å². The Labute approximate surface area is 387 Å². The first-order valence-corrected chi connectivity index (χ1v) is 26.0. The summed E-state index contributed by atoms with van der Waals surface area (Å²) in [5.41, 5.74) is 2.09. The SMILES string of the molecule is CCCCCCCCCCC(OCCCC)=C(OCCCC)C(OCc1ccccc1)OC(OCc1ccccc1)C(OCCCC)=C(CCCCCCCCCC)OCCCC. The molecule has 0 aliphatic heterocycles. The van der Waals surface area contributed by atoms with E-state index in [4.69, 9.17) is 33.2 Å².